The summed E-state index contributed by atoms with van der Waals surface area (Å²) in [5.74, 6) is -1.07. The number of carbonyl (C=O) groups excluding carboxylic acids is 1. The lowest BCUT2D eigenvalue weighted by Crippen LogP contribution is -2.40. The average Bonchev–Trinajstić information content (AvgIpc) is 2.65. The molecule has 0 bridgehead atoms. The average molecular weight is 399 g/mol. The quantitative estimate of drug-likeness (QED) is 0.859. The number of anilines is 1. The molecule has 9 heteroatoms. The molecule has 26 heavy (non-hydrogen) atoms. The Hall–Kier alpha value is -2.00. The summed E-state index contributed by atoms with van der Waals surface area (Å²) in [6.07, 6.45) is 0. The minimum Gasteiger partial charge on any atom is -0.379 e. The first-order chi connectivity index (χ1) is 12.4. The van der Waals surface area contributed by atoms with Crippen LogP contribution in [0, 0.1) is 5.82 Å². The van der Waals surface area contributed by atoms with Crippen molar-refractivity contribution in [3.63, 3.8) is 0 Å². The first-order valence-corrected chi connectivity index (χ1v) is 9.64. The van der Waals surface area contributed by atoms with E-state index in [1.807, 2.05) is 0 Å². The zero-order valence-electron chi connectivity index (χ0n) is 13.6. The Morgan fingerprint density at radius 3 is 2.58 bits per heavy atom. The summed E-state index contributed by atoms with van der Waals surface area (Å²) in [4.78, 5) is 12.4. The molecule has 0 unspecified atom stereocenters. The Balaban J connectivity index is 1.83. The summed E-state index contributed by atoms with van der Waals surface area (Å²) in [7, 11) is -3.71. The van der Waals surface area contributed by atoms with E-state index in [1.54, 1.807) is 0 Å². The topological polar surface area (TPSA) is 75.7 Å². The molecule has 1 N–H and O–H groups in total. The van der Waals surface area contributed by atoms with Crippen LogP contribution in [0.4, 0.5) is 10.1 Å². The molecule has 0 spiro atoms. The number of carbonyl (C=O) groups is 1. The lowest BCUT2D eigenvalue weighted by Gasteiger charge is -2.26. The fourth-order valence-electron chi connectivity index (χ4n) is 2.52. The first kappa shape index (κ1) is 18.8. The third kappa shape index (κ3) is 4.04. The molecule has 0 aliphatic carbocycles. The van der Waals surface area contributed by atoms with E-state index >= 15 is 0 Å². The molecule has 1 saturated heterocycles. The van der Waals surface area contributed by atoms with Gasteiger partial charge in [0, 0.05) is 18.7 Å². The highest BCUT2D eigenvalue weighted by Crippen LogP contribution is 2.24. The van der Waals surface area contributed by atoms with Gasteiger partial charge in [-0.25, -0.2) is 12.8 Å². The van der Waals surface area contributed by atoms with Crippen LogP contribution >= 0.6 is 11.6 Å². The van der Waals surface area contributed by atoms with Crippen LogP contribution in [0.2, 0.25) is 5.02 Å². The Labute approximate surface area is 155 Å². The van der Waals surface area contributed by atoms with E-state index in [9.17, 15) is 17.6 Å². The molecular weight excluding hydrogens is 383 g/mol. The van der Waals surface area contributed by atoms with Crippen molar-refractivity contribution in [1.82, 2.24) is 4.31 Å². The van der Waals surface area contributed by atoms with Crippen molar-refractivity contribution in [2.24, 2.45) is 0 Å². The molecule has 1 fully saturated rings. The van der Waals surface area contributed by atoms with Crippen LogP contribution in [0.25, 0.3) is 0 Å². The molecule has 0 saturated carbocycles. The van der Waals surface area contributed by atoms with E-state index in [0.717, 1.165) is 6.07 Å². The van der Waals surface area contributed by atoms with Crippen LogP contribution in [0.1, 0.15) is 10.4 Å². The lowest BCUT2D eigenvalue weighted by atomic mass is 10.2. The summed E-state index contributed by atoms with van der Waals surface area (Å²) in [5, 5.41) is 2.60. The molecule has 138 valence electrons. The standard InChI is InChI=1S/C17H16ClFN2O4S/c18-15-11-13(19)4-5-16(15)20-17(22)12-2-1-3-14(10-12)26(23,24)21-6-8-25-9-7-21/h1-5,10-11H,6-9H2,(H,20,22). The molecular formula is C17H16ClFN2O4S. The van der Waals surface area contributed by atoms with Crippen LogP contribution in [-0.2, 0) is 14.8 Å². The van der Waals surface area contributed by atoms with Gasteiger partial charge in [0.05, 0.1) is 28.8 Å². The van der Waals surface area contributed by atoms with Crippen molar-refractivity contribution >= 4 is 33.2 Å². The summed E-state index contributed by atoms with van der Waals surface area (Å²) < 4.78 is 45.0. The van der Waals surface area contributed by atoms with Gasteiger partial charge in [-0.3, -0.25) is 4.79 Å². The van der Waals surface area contributed by atoms with Crippen LogP contribution in [-0.4, -0.2) is 44.9 Å². The maximum Gasteiger partial charge on any atom is 0.255 e. The van der Waals surface area contributed by atoms with Gasteiger partial charge in [-0.2, -0.15) is 4.31 Å². The predicted molar refractivity (Wildman–Crippen MR) is 95.4 cm³/mol. The molecule has 1 amide bonds. The van der Waals surface area contributed by atoms with E-state index in [2.05, 4.69) is 5.32 Å². The van der Waals surface area contributed by atoms with Gasteiger partial charge >= 0.3 is 0 Å². The van der Waals surface area contributed by atoms with E-state index in [0.29, 0.717) is 13.2 Å². The second-order valence-electron chi connectivity index (χ2n) is 5.62. The monoisotopic (exact) mass is 398 g/mol. The van der Waals surface area contributed by atoms with Gasteiger partial charge in [0.15, 0.2) is 0 Å². The Kier molecular flexibility index (Phi) is 5.57. The minimum atomic E-state index is -3.71. The van der Waals surface area contributed by atoms with Crippen LogP contribution in [0.5, 0.6) is 0 Å². The maximum atomic E-state index is 13.1. The molecule has 0 atom stereocenters. The number of halogens is 2. The fourth-order valence-corrected chi connectivity index (χ4v) is 4.19. The molecule has 2 aromatic carbocycles. The van der Waals surface area contributed by atoms with E-state index in [4.69, 9.17) is 16.3 Å². The van der Waals surface area contributed by atoms with E-state index < -0.39 is 21.7 Å². The smallest absolute Gasteiger partial charge is 0.255 e. The maximum absolute atomic E-state index is 13.1. The number of amides is 1. The SMILES string of the molecule is O=C(Nc1ccc(F)cc1Cl)c1cccc(S(=O)(=O)N2CCOCC2)c1. The van der Waals surface area contributed by atoms with Gasteiger partial charge in [0.2, 0.25) is 10.0 Å². The number of hydrogen-bond donors (Lipinski definition) is 1. The summed E-state index contributed by atoms with van der Waals surface area (Å²) >= 11 is 5.90. The van der Waals surface area contributed by atoms with Crippen LogP contribution < -0.4 is 5.32 Å². The molecule has 1 heterocycles. The number of hydrogen-bond acceptors (Lipinski definition) is 4. The normalized spacial score (nSPS) is 15.6. The molecule has 1 aliphatic rings. The van der Waals surface area contributed by atoms with Crippen molar-refractivity contribution in [3.05, 3.63) is 58.9 Å². The molecule has 1 aliphatic heterocycles. The van der Waals surface area contributed by atoms with Gasteiger partial charge in [-0.05, 0) is 36.4 Å². The van der Waals surface area contributed by atoms with Crippen molar-refractivity contribution in [1.29, 1.82) is 0 Å². The molecule has 2 aromatic rings. The number of ether oxygens (including phenoxy) is 1. The van der Waals surface area contributed by atoms with Gasteiger partial charge in [0.25, 0.3) is 5.91 Å². The lowest BCUT2D eigenvalue weighted by molar-refractivity contribution is 0.0730. The minimum absolute atomic E-state index is 0.0252. The number of benzene rings is 2. The summed E-state index contributed by atoms with van der Waals surface area (Å²) in [5.41, 5.74) is 0.388. The first-order valence-electron chi connectivity index (χ1n) is 7.82. The van der Waals surface area contributed by atoms with Crippen molar-refractivity contribution < 1.29 is 22.3 Å². The molecule has 3 rings (SSSR count). The predicted octanol–water partition coefficient (Wildman–Crippen LogP) is 2.75. The molecule has 0 aromatic heterocycles. The van der Waals surface area contributed by atoms with Crippen LogP contribution in [0.15, 0.2) is 47.4 Å². The third-order valence-corrected chi connectivity index (χ3v) is 6.09. The number of rotatable bonds is 4. The van der Waals surface area contributed by atoms with Crippen molar-refractivity contribution in [2.45, 2.75) is 4.90 Å². The highest BCUT2D eigenvalue weighted by Gasteiger charge is 2.26. The van der Waals surface area contributed by atoms with E-state index in [1.165, 1.54) is 40.7 Å². The van der Waals surface area contributed by atoms with Gasteiger partial charge in [-0.1, -0.05) is 17.7 Å². The zero-order chi connectivity index (χ0) is 18.7. The largest absolute Gasteiger partial charge is 0.379 e. The Morgan fingerprint density at radius 2 is 1.88 bits per heavy atom. The van der Waals surface area contributed by atoms with Crippen molar-refractivity contribution in [2.75, 3.05) is 31.6 Å². The number of nitrogens with zero attached hydrogens (tertiary/aromatic N) is 1. The van der Waals surface area contributed by atoms with Gasteiger partial charge < -0.3 is 10.1 Å². The number of sulfonamides is 1. The zero-order valence-corrected chi connectivity index (χ0v) is 15.2. The Morgan fingerprint density at radius 1 is 1.15 bits per heavy atom. The highest BCUT2D eigenvalue weighted by atomic mass is 35.5. The van der Waals surface area contributed by atoms with Crippen molar-refractivity contribution in [3.8, 4) is 0 Å². The molecule has 6 nitrogen and oxygen atoms in total. The van der Waals surface area contributed by atoms with Gasteiger partial charge in [0.1, 0.15) is 5.82 Å². The number of morpholine rings is 1. The second kappa shape index (κ2) is 7.71. The fraction of sp³-hybridized carbons (Fsp3) is 0.235. The third-order valence-electron chi connectivity index (χ3n) is 3.88. The summed E-state index contributed by atoms with van der Waals surface area (Å²) in [6, 6.07) is 9.31. The Bertz CT molecular complexity index is 930. The number of nitrogens with one attached hydrogen (secondary N) is 1. The van der Waals surface area contributed by atoms with Crippen LogP contribution in [0.3, 0.4) is 0 Å². The van der Waals surface area contributed by atoms with E-state index in [-0.39, 0.29) is 34.3 Å². The molecule has 0 radical (unpaired) electrons. The summed E-state index contributed by atoms with van der Waals surface area (Å²) in [6.45, 7) is 1.21. The second-order valence-corrected chi connectivity index (χ2v) is 7.97. The highest BCUT2D eigenvalue weighted by molar-refractivity contribution is 7.89. The van der Waals surface area contributed by atoms with Gasteiger partial charge in [-0.15, -0.1) is 0 Å².